The summed E-state index contributed by atoms with van der Waals surface area (Å²) in [5.41, 5.74) is 2.86. The van der Waals surface area contributed by atoms with Crippen LogP contribution in [0, 0.1) is 0 Å². The largest absolute Gasteiger partial charge is 0.507 e. The molecule has 1 aromatic heterocycles. The molecule has 0 unspecified atom stereocenters. The highest BCUT2D eigenvalue weighted by atomic mass is 16.5. The van der Waals surface area contributed by atoms with Gasteiger partial charge in [0.25, 0.3) is 0 Å². The summed E-state index contributed by atoms with van der Waals surface area (Å²) in [6, 6.07) is 11.1. The van der Waals surface area contributed by atoms with Gasteiger partial charge in [0.15, 0.2) is 11.0 Å². The fourth-order valence-corrected chi connectivity index (χ4v) is 4.72. The molecule has 0 saturated carbocycles. The third-order valence-electron chi connectivity index (χ3n) is 6.58. The predicted molar refractivity (Wildman–Crippen MR) is 127 cm³/mol. The molecule has 0 amide bonds. The Balaban J connectivity index is 1.57. The van der Waals surface area contributed by atoms with Crippen LogP contribution in [0.25, 0.3) is 22.3 Å². The van der Waals surface area contributed by atoms with Gasteiger partial charge < -0.3 is 29.0 Å². The van der Waals surface area contributed by atoms with E-state index >= 15 is 0 Å². The van der Waals surface area contributed by atoms with Crippen LogP contribution in [0.1, 0.15) is 12.8 Å². The second kappa shape index (κ2) is 8.39. The van der Waals surface area contributed by atoms with Crippen molar-refractivity contribution >= 4 is 22.3 Å². The molecule has 2 aliphatic rings. The highest BCUT2D eigenvalue weighted by Gasteiger charge is 2.25. The maximum atomic E-state index is 13.0. The first-order chi connectivity index (χ1) is 15.5. The first kappa shape index (κ1) is 20.7. The van der Waals surface area contributed by atoms with E-state index in [1.165, 1.54) is 17.8 Å². The van der Waals surface area contributed by atoms with E-state index in [9.17, 15) is 9.90 Å². The molecule has 0 radical (unpaired) electrons. The lowest BCUT2D eigenvalue weighted by atomic mass is 10.1. The number of rotatable bonds is 4. The lowest BCUT2D eigenvalue weighted by Gasteiger charge is -2.34. The number of hydrogen-bond donors (Lipinski definition) is 1. The predicted octanol–water partition coefficient (Wildman–Crippen LogP) is 3.53. The minimum Gasteiger partial charge on any atom is -0.507 e. The monoisotopic (exact) mass is 435 g/mol. The number of piperazine rings is 1. The molecule has 1 N–H and O–H groups in total. The van der Waals surface area contributed by atoms with E-state index in [1.54, 1.807) is 7.11 Å². The summed E-state index contributed by atoms with van der Waals surface area (Å²) < 4.78 is 11.8. The number of aromatic hydroxyl groups is 1. The van der Waals surface area contributed by atoms with Gasteiger partial charge in [-0.2, -0.15) is 0 Å². The minimum atomic E-state index is -0.259. The molecule has 0 atom stereocenters. The zero-order valence-electron chi connectivity index (χ0n) is 18.6. The number of likely N-dealkylation sites (N-methyl/N-ethyl adjacent to an activating group) is 1. The van der Waals surface area contributed by atoms with E-state index in [0.29, 0.717) is 17.1 Å². The molecule has 0 spiro atoms. The molecule has 32 heavy (non-hydrogen) atoms. The fraction of sp³-hybridized carbons (Fsp3) is 0.400. The molecule has 7 heteroatoms. The molecule has 2 saturated heterocycles. The van der Waals surface area contributed by atoms with Crippen molar-refractivity contribution in [3.05, 3.63) is 46.6 Å². The molecule has 0 bridgehead atoms. The third-order valence-corrected chi connectivity index (χ3v) is 6.58. The summed E-state index contributed by atoms with van der Waals surface area (Å²) in [4.78, 5) is 19.9. The van der Waals surface area contributed by atoms with Gasteiger partial charge in [0.1, 0.15) is 28.3 Å². The van der Waals surface area contributed by atoms with Crippen LogP contribution in [-0.2, 0) is 0 Å². The molecule has 7 nitrogen and oxygen atoms in total. The Hall–Kier alpha value is -3.19. The number of ether oxygens (including phenoxy) is 1. The average Bonchev–Trinajstić information content (AvgIpc) is 3.33. The molecule has 3 aromatic rings. The quantitative estimate of drug-likeness (QED) is 0.672. The number of anilines is 2. The van der Waals surface area contributed by atoms with E-state index in [2.05, 4.69) is 33.9 Å². The van der Waals surface area contributed by atoms with Crippen LogP contribution in [0.4, 0.5) is 11.4 Å². The Labute approximate surface area is 187 Å². The second-order valence-electron chi connectivity index (χ2n) is 8.66. The van der Waals surface area contributed by atoms with Crippen LogP contribution in [0.5, 0.6) is 11.5 Å². The van der Waals surface area contributed by atoms with Crippen molar-refractivity contribution in [2.45, 2.75) is 12.8 Å². The highest BCUT2D eigenvalue weighted by Crippen LogP contribution is 2.42. The Morgan fingerprint density at radius 3 is 2.28 bits per heavy atom. The van der Waals surface area contributed by atoms with Crippen molar-refractivity contribution in [2.24, 2.45) is 0 Å². The number of nitrogens with zero attached hydrogens (tertiary/aromatic N) is 3. The molecular formula is C25H29N3O4. The minimum absolute atomic E-state index is 0.120. The molecule has 5 rings (SSSR count). The molecular weight excluding hydrogens is 406 g/mol. The van der Waals surface area contributed by atoms with Crippen molar-refractivity contribution < 1.29 is 14.3 Å². The summed E-state index contributed by atoms with van der Waals surface area (Å²) in [6.45, 7) is 5.82. The summed E-state index contributed by atoms with van der Waals surface area (Å²) >= 11 is 0. The standard InChI is InChI=1S/C25H29N3O4/c1-26-11-13-27(14-12-26)18-7-5-17(6-8-18)21-15-19(29)23-20(30)16-22(31-2)24(25(23)32-21)28-9-3-4-10-28/h5-8,15-16,30H,3-4,9-14H2,1-2H3. The molecule has 3 heterocycles. The van der Waals surface area contributed by atoms with Gasteiger partial charge in [-0.1, -0.05) is 0 Å². The van der Waals surface area contributed by atoms with Gasteiger partial charge in [-0.3, -0.25) is 4.79 Å². The summed E-state index contributed by atoms with van der Waals surface area (Å²) in [6.07, 6.45) is 2.15. The zero-order chi connectivity index (χ0) is 22.2. The Morgan fingerprint density at radius 1 is 0.938 bits per heavy atom. The van der Waals surface area contributed by atoms with Crippen LogP contribution in [0.3, 0.4) is 0 Å². The van der Waals surface area contributed by atoms with Crippen LogP contribution in [0.2, 0.25) is 0 Å². The Morgan fingerprint density at radius 2 is 1.62 bits per heavy atom. The maximum absolute atomic E-state index is 13.0. The summed E-state index contributed by atoms with van der Waals surface area (Å²) in [7, 11) is 3.71. The first-order valence-corrected chi connectivity index (χ1v) is 11.2. The van der Waals surface area contributed by atoms with Crippen molar-refractivity contribution in [1.29, 1.82) is 0 Å². The molecule has 2 aromatic carbocycles. The molecule has 0 aliphatic carbocycles. The van der Waals surface area contributed by atoms with E-state index in [4.69, 9.17) is 9.15 Å². The van der Waals surface area contributed by atoms with Crippen molar-refractivity contribution in [3.63, 3.8) is 0 Å². The lowest BCUT2D eigenvalue weighted by molar-refractivity contribution is 0.313. The molecule has 2 fully saturated rings. The lowest BCUT2D eigenvalue weighted by Crippen LogP contribution is -2.44. The van der Waals surface area contributed by atoms with Crippen LogP contribution in [0.15, 0.2) is 45.6 Å². The van der Waals surface area contributed by atoms with Gasteiger partial charge in [-0.05, 0) is 44.2 Å². The first-order valence-electron chi connectivity index (χ1n) is 11.2. The van der Waals surface area contributed by atoms with E-state index in [0.717, 1.165) is 63.4 Å². The van der Waals surface area contributed by atoms with Gasteiger partial charge in [0.2, 0.25) is 0 Å². The van der Waals surface area contributed by atoms with Crippen molar-refractivity contribution in [3.8, 4) is 22.8 Å². The van der Waals surface area contributed by atoms with E-state index < -0.39 is 0 Å². The average molecular weight is 436 g/mol. The van der Waals surface area contributed by atoms with Gasteiger partial charge in [0, 0.05) is 62.7 Å². The number of fused-ring (bicyclic) bond motifs is 1. The molecule has 2 aliphatic heterocycles. The van der Waals surface area contributed by atoms with Crippen LogP contribution in [-0.4, -0.2) is 63.4 Å². The van der Waals surface area contributed by atoms with E-state index in [-0.39, 0.29) is 16.6 Å². The van der Waals surface area contributed by atoms with Gasteiger partial charge in [-0.25, -0.2) is 0 Å². The van der Waals surface area contributed by atoms with Gasteiger partial charge in [0.05, 0.1) is 7.11 Å². The molecule has 168 valence electrons. The van der Waals surface area contributed by atoms with Crippen LogP contribution < -0.4 is 20.0 Å². The topological polar surface area (TPSA) is 69.4 Å². The Bertz CT molecular complexity index is 1170. The van der Waals surface area contributed by atoms with Gasteiger partial charge >= 0.3 is 0 Å². The van der Waals surface area contributed by atoms with Crippen LogP contribution >= 0.6 is 0 Å². The van der Waals surface area contributed by atoms with Crippen molar-refractivity contribution in [2.75, 3.05) is 63.2 Å². The fourth-order valence-electron chi connectivity index (χ4n) is 4.72. The number of phenolic OH excluding ortho intramolecular Hbond substituents is 1. The van der Waals surface area contributed by atoms with E-state index in [1.807, 2.05) is 12.1 Å². The summed E-state index contributed by atoms with van der Waals surface area (Å²) in [5.74, 6) is 0.883. The smallest absolute Gasteiger partial charge is 0.197 e. The number of phenols is 1. The second-order valence-corrected chi connectivity index (χ2v) is 8.66. The SMILES string of the molecule is COc1cc(O)c2c(=O)cc(-c3ccc(N4CCN(C)CC4)cc3)oc2c1N1CCCC1. The van der Waals surface area contributed by atoms with Crippen molar-refractivity contribution in [1.82, 2.24) is 4.90 Å². The number of hydrogen-bond acceptors (Lipinski definition) is 7. The normalized spacial score (nSPS) is 17.3. The van der Waals surface area contributed by atoms with Gasteiger partial charge in [-0.15, -0.1) is 0 Å². The number of benzene rings is 2. The number of methoxy groups -OCH3 is 1. The zero-order valence-corrected chi connectivity index (χ0v) is 18.6. The summed E-state index contributed by atoms with van der Waals surface area (Å²) in [5, 5.41) is 10.7. The highest BCUT2D eigenvalue weighted by molar-refractivity contribution is 5.97. The Kier molecular flexibility index (Phi) is 5.43. The third kappa shape index (κ3) is 3.66. The maximum Gasteiger partial charge on any atom is 0.197 e.